The fourth-order valence-corrected chi connectivity index (χ4v) is 3.86. The highest BCUT2D eigenvalue weighted by molar-refractivity contribution is 8.76. The summed E-state index contributed by atoms with van der Waals surface area (Å²) in [5, 5.41) is 2.96. The molecule has 0 unspecified atom stereocenters. The van der Waals surface area contributed by atoms with E-state index in [-0.39, 0.29) is 11.3 Å². The van der Waals surface area contributed by atoms with Crippen LogP contribution in [0.2, 0.25) is 0 Å². The smallest absolute Gasteiger partial charge is 0.220 e. The Balaban J connectivity index is 3.32. The molecule has 0 aromatic carbocycles. The third-order valence-electron chi connectivity index (χ3n) is 2.97. The highest BCUT2D eigenvalue weighted by atomic mass is 33.1. The Morgan fingerprint density at radius 2 is 1.61 bits per heavy atom. The summed E-state index contributed by atoms with van der Waals surface area (Å²) in [6.07, 6.45) is 4.01. The van der Waals surface area contributed by atoms with Crippen molar-refractivity contribution in [2.24, 2.45) is 10.8 Å². The van der Waals surface area contributed by atoms with Crippen LogP contribution < -0.4 is 5.32 Å². The van der Waals surface area contributed by atoms with E-state index in [0.29, 0.717) is 18.4 Å². The standard InChI is InChI=1S/C18H37NO2S2/c1-17(2,3)10-7-13-22-23-14-9-16(20)19-11-8-12-21-15-18(4,5)6/h7-15H2,1-6H3,(H,19,20). The maximum atomic E-state index is 11.7. The summed E-state index contributed by atoms with van der Waals surface area (Å²) in [6, 6.07) is 0. The van der Waals surface area contributed by atoms with Gasteiger partial charge in [0.2, 0.25) is 5.91 Å². The second-order valence-electron chi connectivity index (χ2n) is 8.37. The molecular weight excluding hydrogens is 326 g/mol. The van der Waals surface area contributed by atoms with Crippen LogP contribution in [0.1, 0.15) is 67.2 Å². The lowest BCUT2D eigenvalue weighted by Gasteiger charge is -2.17. The molecule has 1 N–H and O–H groups in total. The molecule has 0 saturated carbocycles. The highest BCUT2D eigenvalue weighted by Crippen LogP contribution is 2.27. The fourth-order valence-electron chi connectivity index (χ4n) is 1.78. The van der Waals surface area contributed by atoms with E-state index in [2.05, 4.69) is 46.9 Å². The summed E-state index contributed by atoms with van der Waals surface area (Å²) in [5.74, 6) is 2.23. The summed E-state index contributed by atoms with van der Waals surface area (Å²) >= 11 is 0. The predicted molar refractivity (Wildman–Crippen MR) is 106 cm³/mol. The summed E-state index contributed by atoms with van der Waals surface area (Å²) in [7, 11) is 3.70. The first-order valence-electron chi connectivity index (χ1n) is 8.69. The van der Waals surface area contributed by atoms with Crippen molar-refractivity contribution in [2.45, 2.75) is 67.2 Å². The predicted octanol–water partition coefficient (Wildman–Crippen LogP) is 5.15. The van der Waals surface area contributed by atoms with E-state index in [1.165, 1.54) is 18.6 Å². The molecule has 0 aromatic heterocycles. The van der Waals surface area contributed by atoms with Crippen LogP contribution in [-0.2, 0) is 9.53 Å². The zero-order chi connectivity index (χ0) is 17.8. The molecule has 0 aliphatic heterocycles. The van der Waals surface area contributed by atoms with Gasteiger partial charge >= 0.3 is 0 Å². The molecule has 0 heterocycles. The normalized spacial score (nSPS) is 12.4. The number of amides is 1. The Hall–Kier alpha value is 0.130. The lowest BCUT2D eigenvalue weighted by atomic mass is 9.91. The Kier molecular flexibility index (Phi) is 12.6. The Morgan fingerprint density at radius 1 is 0.957 bits per heavy atom. The molecule has 0 aliphatic carbocycles. The van der Waals surface area contributed by atoms with E-state index in [1.54, 1.807) is 0 Å². The molecule has 0 fully saturated rings. The van der Waals surface area contributed by atoms with Crippen LogP contribution in [0.15, 0.2) is 0 Å². The van der Waals surface area contributed by atoms with Gasteiger partial charge in [-0.05, 0) is 30.1 Å². The van der Waals surface area contributed by atoms with Crippen LogP contribution >= 0.6 is 21.6 Å². The molecule has 0 spiro atoms. The second-order valence-corrected chi connectivity index (χ2v) is 11.1. The molecule has 0 bridgehead atoms. The zero-order valence-corrected chi connectivity index (χ0v) is 17.6. The number of nitrogens with one attached hydrogen (secondary N) is 1. The third kappa shape index (κ3) is 20.1. The van der Waals surface area contributed by atoms with Gasteiger partial charge in [0.1, 0.15) is 0 Å². The molecule has 23 heavy (non-hydrogen) atoms. The van der Waals surface area contributed by atoms with Crippen molar-refractivity contribution < 1.29 is 9.53 Å². The number of hydrogen-bond donors (Lipinski definition) is 1. The Morgan fingerprint density at radius 3 is 2.22 bits per heavy atom. The topological polar surface area (TPSA) is 38.3 Å². The molecule has 0 saturated heterocycles. The summed E-state index contributed by atoms with van der Waals surface area (Å²) < 4.78 is 5.58. The summed E-state index contributed by atoms with van der Waals surface area (Å²) in [6.45, 7) is 15.5. The lowest BCUT2D eigenvalue weighted by molar-refractivity contribution is -0.120. The minimum absolute atomic E-state index is 0.156. The van der Waals surface area contributed by atoms with Gasteiger partial charge in [-0.2, -0.15) is 0 Å². The summed E-state index contributed by atoms with van der Waals surface area (Å²) in [4.78, 5) is 11.7. The van der Waals surface area contributed by atoms with Gasteiger partial charge in [-0.15, -0.1) is 0 Å². The van der Waals surface area contributed by atoms with Crippen molar-refractivity contribution in [3.05, 3.63) is 0 Å². The van der Waals surface area contributed by atoms with E-state index in [4.69, 9.17) is 4.74 Å². The Bertz CT molecular complexity index is 309. The minimum Gasteiger partial charge on any atom is -0.381 e. The van der Waals surface area contributed by atoms with E-state index >= 15 is 0 Å². The zero-order valence-electron chi connectivity index (χ0n) is 16.0. The van der Waals surface area contributed by atoms with Gasteiger partial charge in [0.15, 0.2) is 0 Å². The monoisotopic (exact) mass is 363 g/mol. The number of carbonyl (C=O) groups excluding carboxylic acids is 1. The van der Waals surface area contributed by atoms with Gasteiger partial charge in [-0.3, -0.25) is 4.79 Å². The van der Waals surface area contributed by atoms with E-state index in [1.807, 2.05) is 21.6 Å². The maximum absolute atomic E-state index is 11.7. The van der Waals surface area contributed by atoms with Gasteiger partial charge in [0.25, 0.3) is 0 Å². The number of rotatable bonds is 12. The number of hydrogen-bond acceptors (Lipinski definition) is 4. The average Bonchev–Trinajstić information content (AvgIpc) is 2.39. The van der Waals surface area contributed by atoms with Crippen LogP contribution in [0.25, 0.3) is 0 Å². The molecule has 1 amide bonds. The molecule has 5 heteroatoms. The van der Waals surface area contributed by atoms with Crippen LogP contribution in [0.3, 0.4) is 0 Å². The first kappa shape index (κ1) is 23.1. The second kappa shape index (κ2) is 12.5. The fraction of sp³-hybridized carbons (Fsp3) is 0.944. The third-order valence-corrected chi connectivity index (χ3v) is 5.47. The minimum atomic E-state index is 0.156. The average molecular weight is 364 g/mol. The van der Waals surface area contributed by atoms with Crippen molar-refractivity contribution in [3.63, 3.8) is 0 Å². The van der Waals surface area contributed by atoms with Crippen LogP contribution in [0.4, 0.5) is 0 Å². The molecule has 138 valence electrons. The number of ether oxygens (including phenoxy) is 1. The van der Waals surface area contributed by atoms with Crippen molar-refractivity contribution in [2.75, 3.05) is 31.3 Å². The molecule has 0 radical (unpaired) electrons. The SMILES string of the molecule is CC(C)(C)CCCSSCCC(=O)NCCCOCC(C)(C)C. The van der Waals surface area contributed by atoms with Gasteiger partial charge in [-0.1, -0.05) is 63.1 Å². The maximum Gasteiger partial charge on any atom is 0.220 e. The van der Waals surface area contributed by atoms with Crippen LogP contribution in [-0.4, -0.2) is 37.2 Å². The molecule has 0 aromatic rings. The largest absolute Gasteiger partial charge is 0.381 e. The van der Waals surface area contributed by atoms with Gasteiger partial charge in [-0.25, -0.2) is 0 Å². The highest BCUT2D eigenvalue weighted by Gasteiger charge is 2.10. The van der Waals surface area contributed by atoms with Gasteiger partial charge in [0.05, 0.1) is 6.61 Å². The lowest BCUT2D eigenvalue weighted by Crippen LogP contribution is -2.26. The molecular formula is C18H37NO2S2. The van der Waals surface area contributed by atoms with Gasteiger partial charge in [0, 0.05) is 31.1 Å². The first-order chi connectivity index (χ1) is 10.6. The number of carbonyl (C=O) groups is 1. The van der Waals surface area contributed by atoms with E-state index < -0.39 is 0 Å². The molecule has 0 atom stereocenters. The molecule has 0 rings (SSSR count). The van der Waals surface area contributed by atoms with Crippen molar-refractivity contribution in [3.8, 4) is 0 Å². The van der Waals surface area contributed by atoms with Crippen molar-refractivity contribution in [1.29, 1.82) is 0 Å². The first-order valence-corrected chi connectivity index (χ1v) is 11.2. The van der Waals surface area contributed by atoms with Gasteiger partial charge < -0.3 is 10.1 Å². The Labute approximate surface area is 151 Å². The summed E-state index contributed by atoms with van der Waals surface area (Å²) in [5.41, 5.74) is 0.646. The quantitative estimate of drug-likeness (QED) is 0.384. The molecule has 3 nitrogen and oxygen atoms in total. The van der Waals surface area contributed by atoms with Crippen LogP contribution in [0, 0.1) is 10.8 Å². The van der Waals surface area contributed by atoms with Crippen molar-refractivity contribution >= 4 is 27.5 Å². The molecule has 0 aliphatic rings. The van der Waals surface area contributed by atoms with Crippen molar-refractivity contribution in [1.82, 2.24) is 5.32 Å². The van der Waals surface area contributed by atoms with Crippen LogP contribution in [0.5, 0.6) is 0 Å². The van der Waals surface area contributed by atoms with E-state index in [0.717, 1.165) is 25.4 Å². The van der Waals surface area contributed by atoms with E-state index in [9.17, 15) is 4.79 Å².